The summed E-state index contributed by atoms with van der Waals surface area (Å²) >= 11 is 0. The van der Waals surface area contributed by atoms with Gasteiger partial charge < -0.3 is 14.6 Å². The Hall–Kier alpha value is -0.610. The number of carbonyl (C=O) groups excluding carboxylic acids is 1. The third-order valence-corrected chi connectivity index (χ3v) is 3.09. The van der Waals surface area contributed by atoms with E-state index in [0.717, 1.165) is 6.42 Å². The molecule has 1 heterocycles. The molecule has 0 bridgehead atoms. The number of ether oxygens (including phenoxy) is 2. The quantitative estimate of drug-likeness (QED) is 0.707. The van der Waals surface area contributed by atoms with Gasteiger partial charge in [-0.3, -0.25) is 4.79 Å². The van der Waals surface area contributed by atoms with Crippen LogP contribution in [0.25, 0.3) is 0 Å². The van der Waals surface area contributed by atoms with Crippen LogP contribution < -0.4 is 0 Å². The zero-order chi connectivity index (χ0) is 11.6. The van der Waals surface area contributed by atoms with Crippen LogP contribution in [0.2, 0.25) is 0 Å². The molecule has 0 saturated carbocycles. The van der Waals surface area contributed by atoms with Gasteiger partial charge in [-0.2, -0.15) is 0 Å². The first-order valence-electron chi connectivity index (χ1n) is 5.48. The summed E-state index contributed by atoms with van der Waals surface area (Å²) in [6, 6.07) is 0. The Kier molecular flexibility index (Phi) is 4.11. The summed E-state index contributed by atoms with van der Waals surface area (Å²) in [5.74, 6) is -0.355. The van der Waals surface area contributed by atoms with E-state index >= 15 is 0 Å². The van der Waals surface area contributed by atoms with Crippen LogP contribution in [-0.4, -0.2) is 29.6 Å². The molecule has 5 atom stereocenters. The topological polar surface area (TPSA) is 55.8 Å². The Bertz CT molecular complexity index is 229. The highest BCUT2D eigenvalue weighted by molar-refractivity contribution is 5.66. The van der Waals surface area contributed by atoms with E-state index in [4.69, 9.17) is 9.47 Å². The highest BCUT2D eigenvalue weighted by Gasteiger charge is 2.41. The lowest BCUT2D eigenvalue weighted by Crippen LogP contribution is -2.50. The Morgan fingerprint density at radius 3 is 2.47 bits per heavy atom. The predicted molar refractivity (Wildman–Crippen MR) is 55.1 cm³/mol. The van der Waals surface area contributed by atoms with Crippen LogP contribution >= 0.6 is 0 Å². The number of carbonyl (C=O) groups is 1. The molecule has 0 radical (unpaired) electrons. The average molecular weight is 216 g/mol. The molecule has 1 N–H and O–H groups in total. The minimum absolute atomic E-state index is 0.0412. The molecular formula is C11H20O4. The van der Waals surface area contributed by atoms with Gasteiger partial charge >= 0.3 is 5.97 Å². The molecule has 4 nitrogen and oxygen atoms in total. The number of aliphatic hydroxyl groups is 1. The first kappa shape index (κ1) is 12.5. The van der Waals surface area contributed by atoms with Gasteiger partial charge in [0.2, 0.25) is 0 Å². The van der Waals surface area contributed by atoms with Crippen molar-refractivity contribution in [3.05, 3.63) is 0 Å². The van der Waals surface area contributed by atoms with Gasteiger partial charge in [0, 0.05) is 18.8 Å². The summed E-state index contributed by atoms with van der Waals surface area (Å²) in [7, 11) is 0. The summed E-state index contributed by atoms with van der Waals surface area (Å²) < 4.78 is 10.7. The van der Waals surface area contributed by atoms with Crippen molar-refractivity contribution in [3.63, 3.8) is 0 Å². The molecule has 0 aromatic rings. The fourth-order valence-electron chi connectivity index (χ4n) is 2.15. The Labute approximate surface area is 90.6 Å². The van der Waals surface area contributed by atoms with Crippen molar-refractivity contribution in [1.29, 1.82) is 0 Å². The largest absolute Gasteiger partial charge is 0.462 e. The second-order valence-electron chi connectivity index (χ2n) is 4.27. The van der Waals surface area contributed by atoms with Crippen LogP contribution in [0.1, 0.15) is 34.1 Å². The fraction of sp³-hybridized carbons (Fsp3) is 0.909. The van der Waals surface area contributed by atoms with Gasteiger partial charge in [-0.25, -0.2) is 0 Å². The SMILES string of the molecule is CC[C@H]1O[C@@H](O)[C@H](C)[C@@H](OC(C)=O)[C@H]1C. The number of aliphatic hydroxyl groups excluding tert-OH is 1. The first-order valence-corrected chi connectivity index (χ1v) is 5.48. The highest BCUT2D eigenvalue weighted by atomic mass is 16.6. The van der Waals surface area contributed by atoms with Crippen LogP contribution in [0.5, 0.6) is 0 Å². The maximum absolute atomic E-state index is 11.0. The number of esters is 1. The van der Waals surface area contributed by atoms with Gasteiger partial charge in [0.25, 0.3) is 0 Å². The molecule has 0 aliphatic carbocycles. The molecule has 1 aliphatic heterocycles. The molecule has 0 aromatic heterocycles. The van der Waals surface area contributed by atoms with Crippen molar-refractivity contribution in [2.24, 2.45) is 11.8 Å². The van der Waals surface area contributed by atoms with Gasteiger partial charge in [0.05, 0.1) is 6.10 Å². The summed E-state index contributed by atoms with van der Waals surface area (Å²) in [5.41, 5.74) is 0. The van der Waals surface area contributed by atoms with Crippen LogP contribution in [0.3, 0.4) is 0 Å². The van der Waals surface area contributed by atoms with E-state index in [1.54, 1.807) is 0 Å². The minimum atomic E-state index is -0.838. The monoisotopic (exact) mass is 216 g/mol. The molecular weight excluding hydrogens is 196 g/mol. The van der Waals surface area contributed by atoms with E-state index < -0.39 is 6.29 Å². The zero-order valence-corrected chi connectivity index (χ0v) is 9.77. The van der Waals surface area contributed by atoms with Crippen molar-refractivity contribution < 1.29 is 19.4 Å². The zero-order valence-electron chi connectivity index (χ0n) is 9.77. The van der Waals surface area contributed by atoms with Crippen molar-refractivity contribution in [3.8, 4) is 0 Å². The minimum Gasteiger partial charge on any atom is -0.462 e. The second-order valence-corrected chi connectivity index (χ2v) is 4.27. The molecule has 0 spiro atoms. The molecule has 1 fully saturated rings. The Morgan fingerprint density at radius 1 is 1.40 bits per heavy atom. The molecule has 88 valence electrons. The van der Waals surface area contributed by atoms with E-state index in [2.05, 4.69) is 0 Å². The van der Waals surface area contributed by atoms with Crippen LogP contribution in [0.4, 0.5) is 0 Å². The van der Waals surface area contributed by atoms with Crippen LogP contribution in [0.15, 0.2) is 0 Å². The summed E-state index contributed by atoms with van der Waals surface area (Å²) in [6.45, 7) is 7.21. The van der Waals surface area contributed by atoms with Gasteiger partial charge in [-0.15, -0.1) is 0 Å². The molecule has 0 aromatic carbocycles. The van der Waals surface area contributed by atoms with E-state index in [-0.39, 0.29) is 30.0 Å². The molecule has 0 unspecified atom stereocenters. The Balaban J connectivity index is 2.74. The lowest BCUT2D eigenvalue weighted by Gasteiger charge is -2.41. The van der Waals surface area contributed by atoms with Crippen molar-refractivity contribution >= 4 is 5.97 Å². The molecule has 1 saturated heterocycles. The summed E-state index contributed by atoms with van der Waals surface area (Å²) in [6.07, 6.45) is -0.324. The molecule has 1 aliphatic rings. The van der Waals surface area contributed by atoms with Crippen LogP contribution in [0, 0.1) is 11.8 Å². The third kappa shape index (κ3) is 2.69. The smallest absolute Gasteiger partial charge is 0.302 e. The second kappa shape index (κ2) is 4.94. The van der Waals surface area contributed by atoms with E-state index in [9.17, 15) is 9.90 Å². The molecule has 0 amide bonds. The lowest BCUT2D eigenvalue weighted by molar-refractivity contribution is -0.247. The van der Waals surface area contributed by atoms with Gasteiger partial charge in [0.15, 0.2) is 6.29 Å². The van der Waals surface area contributed by atoms with Crippen molar-refractivity contribution in [1.82, 2.24) is 0 Å². The first-order chi connectivity index (χ1) is 6.97. The number of rotatable bonds is 2. The van der Waals surface area contributed by atoms with Gasteiger partial charge in [-0.1, -0.05) is 20.8 Å². The molecule has 15 heavy (non-hydrogen) atoms. The van der Waals surface area contributed by atoms with E-state index in [0.29, 0.717) is 0 Å². The normalized spacial score (nSPS) is 41.3. The predicted octanol–water partition coefficient (Wildman–Crippen LogP) is 1.32. The van der Waals surface area contributed by atoms with Crippen LogP contribution in [-0.2, 0) is 14.3 Å². The lowest BCUT2D eigenvalue weighted by atomic mass is 9.85. The molecule has 4 heteroatoms. The maximum atomic E-state index is 11.0. The van der Waals surface area contributed by atoms with Gasteiger partial charge in [-0.05, 0) is 6.42 Å². The van der Waals surface area contributed by atoms with Crippen molar-refractivity contribution in [2.75, 3.05) is 0 Å². The highest BCUT2D eigenvalue weighted by Crippen LogP contribution is 2.32. The third-order valence-electron chi connectivity index (χ3n) is 3.09. The van der Waals surface area contributed by atoms with Crippen molar-refractivity contribution in [2.45, 2.75) is 52.6 Å². The number of hydrogen-bond acceptors (Lipinski definition) is 4. The fourth-order valence-corrected chi connectivity index (χ4v) is 2.15. The standard InChI is InChI=1S/C11H20O4/c1-5-9-6(2)10(14-8(4)12)7(3)11(13)15-9/h6-7,9-11,13H,5H2,1-4H3/t6-,7+,9+,10-,11+/m0/s1. The Morgan fingerprint density at radius 2 is 2.00 bits per heavy atom. The van der Waals surface area contributed by atoms with Gasteiger partial charge in [0.1, 0.15) is 6.10 Å². The summed E-state index contributed by atoms with van der Waals surface area (Å²) in [4.78, 5) is 11.0. The average Bonchev–Trinajstić information content (AvgIpc) is 2.18. The summed E-state index contributed by atoms with van der Waals surface area (Å²) in [5, 5.41) is 9.67. The maximum Gasteiger partial charge on any atom is 0.302 e. The molecule has 1 rings (SSSR count). The van der Waals surface area contributed by atoms with E-state index in [1.807, 2.05) is 20.8 Å². The number of hydrogen-bond donors (Lipinski definition) is 1. The van der Waals surface area contributed by atoms with E-state index in [1.165, 1.54) is 6.92 Å².